The number of unbranched alkanes of at least 4 members (excludes halogenated alkanes) is 2. The molecule has 0 radical (unpaired) electrons. The van der Waals surface area contributed by atoms with Crippen LogP contribution >= 0.6 is 0 Å². The van der Waals surface area contributed by atoms with E-state index in [9.17, 15) is 0 Å². The maximum Gasteiger partial charge on any atom is -0.000654 e. The van der Waals surface area contributed by atoms with Gasteiger partial charge in [0.2, 0.25) is 0 Å². The SMILES string of the molecule is c1ccc(CCCCCN2CCC2)cc1. The number of rotatable bonds is 6. The summed E-state index contributed by atoms with van der Waals surface area (Å²) >= 11 is 0. The summed E-state index contributed by atoms with van der Waals surface area (Å²) in [4.78, 5) is 2.56. The minimum absolute atomic E-state index is 1.25. The van der Waals surface area contributed by atoms with Crippen LogP contribution in [0.5, 0.6) is 0 Å². The van der Waals surface area contributed by atoms with Crippen LogP contribution < -0.4 is 0 Å². The number of hydrogen-bond donors (Lipinski definition) is 0. The summed E-state index contributed by atoms with van der Waals surface area (Å²) < 4.78 is 0. The molecule has 0 bridgehead atoms. The van der Waals surface area contributed by atoms with Gasteiger partial charge in [-0.25, -0.2) is 0 Å². The Hall–Kier alpha value is -0.820. The quantitative estimate of drug-likeness (QED) is 0.642. The average Bonchev–Trinajstić information content (AvgIpc) is 2.22. The van der Waals surface area contributed by atoms with Crippen LogP contribution in [0.3, 0.4) is 0 Å². The predicted molar refractivity (Wildman–Crippen MR) is 65.1 cm³/mol. The average molecular weight is 203 g/mol. The summed E-state index contributed by atoms with van der Waals surface area (Å²) in [5, 5.41) is 0. The highest BCUT2D eigenvalue weighted by Crippen LogP contribution is 2.10. The van der Waals surface area contributed by atoms with Gasteiger partial charge in [-0.1, -0.05) is 36.8 Å². The molecule has 1 heteroatoms. The molecule has 0 saturated carbocycles. The first-order valence-corrected chi connectivity index (χ1v) is 6.21. The largest absolute Gasteiger partial charge is 0.303 e. The first-order chi connectivity index (χ1) is 7.45. The van der Waals surface area contributed by atoms with Gasteiger partial charge in [-0.05, 0) is 50.9 Å². The minimum Gasteiger partial charge on any atom is -0.303 e. The molecule has 1 nitrogen and oxygen atoms in total. The predicted octanol–water partition coefficient (Wildman–Crippen LogP) is 3.11. The number of hydrogen-bond acceptors (Lipinski definition) is 1. The van der Waals surface area contributed by atoms with E-state index in [1.54, 1.807) is 0 Å². The van der Waals surface area contributed by atoms with Crippen molar-refractivity contribution in [1.82, 2.24) is 4.90 Å². The van der Waals surface area contributed by atoms with Gasteiger partial charge in [0.25, 0.3) is 0 Å². The molecule has 0 spiro atoms. The summed E-state index contributed by atoms with van der Waals surface area (Å²) in [6.07, 6.45) is 6.78. The summed E-state index contributed by atoms with van der Waals surface area (Å²) in [7, 11) is 0. The van der Waals surface area contributed by atoms with E-state index >= 15 is 0 Å². The fourth-order valence-electron chi connectivity index (χ4n) is 2.09. The van der Waals surface area contributed by atoms with Crippen molar-refractivity contribution in [3.05, 3.63) is 35.9 Å². The van der Waals surface area contributed by atoms with E-state index in [1.807, 2.05) is 0 Å². The molecular weight excluding hydrogens is 182 g/mol. The lowest BCUT2D eigenvalue weighted by Gasteiger charge is -2.30. The molecule has 82 valence electrons. The van der Waals surface area contributed by atoms with E-state index in [1.165, 1.54) is 57.3 Å². The molecule has 1 saturated heterocycles. The Morgan fingerprint density at radius 3 is 2.40 bits per heavy atom. The topological polar surface area (TPSA) is 3.24 Å². The third-order valence-electron chi connectivity index (χ3n) is 3.23. The second kappa shape index (κ2) is 5.92. The standard InChI is InChI=1S/C14H21N/c1-3-8-14(9-4-1)10-5-2-6-11-15-12-7-13-15/h1,3-4,8-9H,2,5-7,10-13H2. The van der Waals surface area contributed by atoms with Gasteiger partial charge in [0.15, 0.2) is 0 Å². The molecule has 1 aliphatic rings. The van der Waals surface area contributed by atoms with Crippen molar-refractivity contribution < 1.29 is 0 Å². The van der Waals surface area contributed by atoms with Crippen LogP contribution in [0.2, 0.25) is 0 Å². The summed E-state index contributed by atoms with van der Waals surface area (Å²) in [5.74, 6) is 0. The van der Waals surface area contributed by atoms with E-state index in [0.717, 1.165) is 0 Å². The van der Waals surface area contributed by atoms with Gasteiger partial charge in [-0.15, -0.1) is 0 Å². The zero-order valence-corrected chi connectivity index (χ0v) is 9.49. The molecule has 1 aliphatic heterocycles. The van der Waals surface area contributed by atoms with Gasteiger partial charge in [-0.2, -0.15) is 0 Å². The summed E-state index contributed by atoms with van der Waals surface area (Å²) in [6, 6.07) is 10.8. The Morgan fingerprint density at radius 2 is 1.73 bits per heavy atom. The maximum atomic E-state index is 2.56. The molecule has 1 heterocycles. The lowest BCUT2D eigenvalue weighted by molar-refractivity contribution is 0.178. The monoisotopic (exact) mass is 203 g/mol. The second-order valence-electron chi connectivity index (χ2n) is 4.49. The van der Waals surface area contributed by atoms with Crippen molar-refractivity contribution in [2.45, 2.75) is 32.1 Å². The molecule has 0 atom stereocenters. The molecule has 15 heavy (non-hydrogen) atoms. The molecule has 0 N–H and O–H groups in total. The normalized spacial score (nSPS) is 16.3. The van der Waals surface area contributed by atoms with Crippen molar-refractivity contribution in [1.29, 1.82) is 0 Å². The Bertz CT molecular complexity index is 264. The van der Waals surface area contributed by atoms with Crippen LogP contribution in [0.1, 0.15) is 31.2 Å². The van der Waals surface area contributed by atoms with E-state index in [2.05, 4.69) is 35.2 Å². The van der Waals surface area contributed by atoms with E-state index in [-0.39, 0.29) is 0 Å². The van der Waals surface area contributed by atoms with E-state index in [0.29, 0.717) is 0 Å². The number of benzene rings is 1. The van der Waals surface area contributed by atoms with E-state index < -0.39 is 0 Å². The lowest BCUT2D eigenvalue weighted by Crippen LogP contribution is -2.37. The van der Waals surface area contributed by atoms with Crippen molar-refractivity contribution in [2.24, 2.45) is 0 Å². The lowest BCUT2D eigenvalue weighted by atomic mass is 10.1. The number of likely N-dealkylation sites (tertiary alicyclic amines) is 1. The minimum atomic E-state index is 1.25. The van der Waals surface area contributed by atoms with Gasteiger partial charge in [0.05, 0.1) is 0 Å². The van der Waals surface area contributed by atoms with Gasteiger partial charge in [-0.3, -0.25) is 0 Å². The van der Waals surface area contributed by atoms with Crippen molar-refractivity contribution in [3.8, 4) is 0 Å². The highest BCUT2D eigenvalue weighted by molar-refractivity contribution is 5.14. The second-order valence-corrected chi connectivity index (χ2v) is 4.49. The van der Waals surface area contributed by atoms with Crippen LogP contribution in [0, 0.1) is 0 Å². The molecule has 0 aliphatic carbocycles. The van der Waals surface area contributed by atoms with Crippen molar-refractivity contribution in [3.63, 3.8) is 0 Å². The number of aryl methyl sites for hydroxylation is 1. The fourth-order valence-corrected chi connectivity index (χ4v) is 2.09. The molecule has 1 aromatic rings. The molecule has 0 amide bonds. The van der Waals surface area contributed by atoms with Crippen LogP contribution in [0.15, 0.2) is 30.3 Å². The summed E-state index contributed by atoms with van der Waals surface area (Å²) in [5.41, 5.74) is 1.49. The highest BCUT2D eigenvalue weighted by Gasteiger charge is 2.11. The van der Waals surface area contributed by atoms with Gasteiger partial charge in [0, 0.05) is 0 Å². The Labute approximate surface area is 93.1 Å². The first kappa shape index (κ1) is 10.7. The summed E-state index contributed by atoms with van der Waals surface area (Å²) in [6.45, 7) is 4.02. The Morgan fingerprint density at radius 1 is 0.933 bits per heavy atom. The van der Waals surface area contributed by atoms with E-state index in [4.69, 9.17) is 0 Å². The molecule has 1 fully saturated rings. The van der Waals surface area contributed by atoms with Crippen molar-refractivity contribution in [2.75, 3.05) is 19.6 Å². The number of nitrogens with zero attached hydrogens (tertiary/aromatic N) is 1. The third-order valence-corrected chi connectivity index (χ3v) is 3.23. The smallest absolute Gasteiger partial charge is 0.000654 e. The Balaban J connectivity index is 1.51. The van der Waals surface area contributed by atoms with Crippen molar-refractivity contribution >= 4 is 0 Å². The zero-order valence-electron chi connectivity index (χ0n) is 9.49. The third kappa shape index (κ3) is 3.67. The van der Waals surface area contributed by atoms with Gasteiger partial charge >= 0.3 is 0 Å². The molecule has 1 aromatic carbocycles. The van der Waals surface area contributed by atoms with Crippen LogP contribution in [0.25, 0.3) is 0 Å². The van der Waals surface area contributed by atoms with Gasteiger partial charge in [0.1, 0.15) is 0 Å². The molecule has 0 unspecified atom stereocenters. The zero-order chi connectivity index (χ0) is 10.3. The maximum absolute atomic E-state index is 2.56. The van der Waals surface area contributed by atoms with Crippen LogP contribution in [0.4, 0.5) is 0 Å². The molecule has 2 rings (SSSR count). The molecular formula is C14H21N. The van der Waals surface area contributed by atoms with Crippen LogP contribution in [-0.4, -0.2) is 24.5 Å². The fraction of sp³-hybridized carbons (Fsp3) is 0.571. The Kier molecular flexibility index (Phi) is 4.22. The van der Waals surface area contributed by atoms with Crippen LogP contribution in [-0.2, 0) is 6.42 Å². The first-order valence-electron chi connectivity index (χ1n) is 6.21. The molecule has 0 aromatic heterocycles. The van der Waals surface area contributed by atoms with Gasteiger partial charge < -0.3 is 4.90 Å². The highest BCUT2D eigenvalue weighted by atomic mass is 15.2.